The zero-order chi connectivity index (χ0) is 20.6. The minimum atomic E-state index is -0.721. The third-order valence-electron chi connectivity index (χ3n) is 5.74. The van der Waals surface area contributed by atoms with Crippen molar-refractivity contribution in [2.75, 3.05) is 0 Å². The summed E-state index contributed by atoms with van der Waals surface area (Å²) in [5.41, 5.74) is 3.64. The smallest absolute Gasteiger partial charge is 0.303 e. The standard InChI is InChI=1S/C25H32O3S/c1-2-3-4-10-23(26)19-14-12-18(13-15-19)21-8-6-9-22(21)24-17-16-20(29-24)7-5-11-25(27)28/h8,12-17,22-23,26H,2-7,9-11H2,1H3,(H,27,28)/t22-,23?/m0/s1. The van der Waals surface area contributed by atoms with Gasteiger partial charge >= 0.3 is 5.97 Å². The molecule has 29 heavy (non-hydrogen) atoms. The van der Waals surface area contributed by atoms with E-state index in [9.17, 15) is 9.90 Å². The van der Waals surface area contributed by atoms with Crippen LogP contribution in [0.1, 0.15) is 91.2 Å². The number of carboxylic acids is 1. The number of carbonyl (C=O) groups is 1. The predicted molar refractivity (Wildman–Crippen MR) is 120 cm³/mol. The van der Waals surface area contributed by atoms with Gasteiger partial charge in [-0.3, -0.25) is 4.79 Å². The molecule has 1 heterocycles. The van der Waals surface area contributed by atoms with Gasteiger partial charge in [-0.15, -0.1) is 11.3 Å². The molecule has 0 radical (unpaired) electrons. The molecule has 3 nitrogen and oxygen atoms in total. The molecule has 1 aromatic carbocycles. The van der Waals surface area contributed by atoms with Crippen LogP contribution in [0.3, 0.4) is 0 Å². The normalized spacial score (nSPS) is 17.3. The van der Waals surface area contributed by atoms with Gasteiger partial charge in [0.1, 0.15) is 0 Å². The maximum Gasteiger partial charge on any atom is 0.303 e. The van der Waals surface area contributed by atoms with Crippen LogP contribution in [0, 0.1) is 0 Å². The van der Waals surface area contributed by atoms with Crippen molar-refractivity contribution in [1.82, 2.24) is 0 Å². The topological polar surface area (TPSA) is 57.5 Å². The Kier molecular flexibility index (Phi) is 8.08. The van der Waals surface area contributed by atoms with Crippen molar-refractivity contribution < 1.29 is 15.0 Å². The summed E-state index contributed by atoms with van der Waals surface area (Å²) in [6.45, 7) is 2.18. The third-order valence-corrected chi connectivity index (χ3v) is 7.00. The minimum Gasteiger partial charge on any atom is -0.481 e. The molecule has 0 fully saturated rings. The van der Waals surface area contributed by atoms with Crippen LogP contribution in [-0.4, -0.2) is 16.2 Å². The Labute approximate surface area is 178 Å². The molecule has 0 saturated carbocycles. The van der Waals surface area contributed by atoms with Crippen LogP contribution in [0.15, 0.2) is 42.5 Å². The molecule has 3 rings (SSSR count). The van der Waals surface area contributed by atoms with Crippen molar-refractivity contribution in [3.63, 3.8) is 0 Å². The largest absolute Gasteiger partial charge is 0.481 e. The van der Waals surface area contributed by atoms with Crippen molar-refractivity contribution in [2.45, 2.75) is 76.7 Å². The Hall–Kier alpha value is -1.91. The number of allylic oxidation sites excluding steroid dienone is 2. The fraction of sp³-hybridized carbons (Fsp3) is 0.480. The highest BCUT2D eigenvalue weighted by molar-refractivity contribution is 7.12. The molecule has 0 spiro atoms. The number of aryl methyl sites for hydroxylation is 1. The van der Waals surface area contributed by atoms with E-state index in [1.54, 1.807) is 0 Å². The molecule has 0 aliphatic heterocycles. The Bertz CT molecular complexity index is 819. The van der Waals surface area contributed by atoms with Gasteiger partial charge < -0.3 is 10.2 Å². The maximum atomic E-state index is 10.7. The van der Waals surface area contributed by atoms with E-state index >= 15 is 0 Å². The maximum absolute atomic E-state index is 10.7. The first kappa shape index (κ1) is 21.8. The fourth-order valence-electron chi connectivity index (χ4n) is 4.10. The summed E-state index contributed by atoms with van der Waals surface area (Å²) >= 11 is 1.83. The van der Waals surface area contributed by atoms with Crippen LogP contribution < -0.4 is 0 Å². The van der Waals surface area contributed by atoms with E-state index in [1.807, 2.05) is 11.3 Å². The van der Waals surface area contributed by atoms with Crippen molar-refractivity contribution >= 4 is 22.9 Å². The predicted octanol–water partition coefficient (Wildman–Crippen LogP) is 6.73. The van der Waals surface area contributed by atoms with Gasteiger partial charge in [-0.1, -0.05) is 56.5 Å². The second-order valence-electron chi connectivity index (χ2n) is 7.97. The number of benzene rings is 1. The van der Waals surface area contributed by atoms with Crippen molar-refractivity contribution in [1.29, 1.82) is 0 Å². The Morgan fingerprint density at radius 1 is 1.14 bits per heavy atom. The summed E-state index contributed by atoms with van der Waals surface area (Å²) in [5.74, 6) is -0.296. The third kappa shape index (κ3) is 6.03. The lowest BCUT2D eigenvalue weighted by Gasteiger charge is -2.16. The molecule has 1 unspecified atom stereocenters. The molecule has 2 N–H and O–H groups in total. The number of unbranched alkanes of at least 4 members (excludes halogenated alkanes) is 2. The van der Waals surface area contributed by atoms with Crippen LogP contribution in [-0.2, 0) is 11.2 Å². The van der Waals surface area contributed by atoms with Crippen molar-refractivity contribution in [3.05, 3.63) is 63.4 Å². The molecule has 0 bridgehead atoms. The lowest BCUT2D eigenvalue weighted by molar-refractivity contribution is -0.137. The molecule has 2 aromatic rings. The Morgan fingerprint density at radius 3 is 2.66 bits per heavy atom. The van der Waals surface area contributed by atoms with E-state index in [-0.39, 0.29) is 12.5 Å². The molecule has 0 saturated heterocycles. The minimum absolute atomic E-state index is 0.235. The summed E-state index contributed by atoms with van der Waals surface area (Å²) in [6.07, 6.45) is 10.2. The van der Waals surface area contributed by atoms with E-state index in [1.165, 1.54) is 33.7 Å². The van der Waals surface area contributed by atoms with Crippen LogP contribution in [0.25, 0.3) is 5.57 Å². The highest BCUT2D eigenvalue weighted by Gasteiger charge is 2.24. The Balaban J connectivity index is 1.63. The number of hydrogen-bond acceptors (Lipinski definition) is 3. The van der Waals surface area contributed by atoms with Gasteiger partial charge in [0.25, 0.3) is 0 Å². The van der Waals surface area contributed by atoms with Gasteiger partial charge in [0.15, 0.2) is 0 Å². The number of aliphatic hydroxyl groups is 1. The molecule has 1 aromatic heterocycles. The van der Waals surface area contributed by atoms with Gasteiger partial charge in [-0.05, 0) is 60.9 Å². The molecule has 1 aliphatic rings. The van der Waals surface area contributed by atoms with Crippen LogP contribution in [0.4, 0.5) is 0 Å². The molecule has 2 atom stereocenters. The van der Waals surface area contributed by atoms with E-state index in [4.69, 9.17) is 5.11 Å². The quantitative estimate of drug-likeness (QED) is 0.402. The molecule has 156 valence electrons. The van der Waals surface area contributed by atoms with Crippen LogP contribution in [0.2, 0.25) is 0 Å². The zero-order valence-electron chi connectivity index (χ0n) is 17.3. The number of hydrogen-bond donors (Lipinski definition) is 2. The fourth-order valence-corrected chi connectivity index (χ4v) is 5.31. The summed E-state index contributed by atoms with van der Waals surface area (Å²) in [5, 5.41) is 19.2. The Morgan fingerprint density at radius 2 is 1.93 bits per heavy atom. The number of thiophene rings is 1. The van der Waals surface area contributed by atoms with Gasteiger partial charge in [-0.25, -0.2) is 0 Å². The van der Waals surface area contributed by atoms with Gasteiger partial charge in [0.05, 0.1) is 6.10 Å². The van der Waals surface area contributed by atoms with E-state index < -0.39 is 5.97 Å². The summed E-state index contributed by atoms with van der Waals surface area (Å²) in [4.78, 5) is 13.4. The van der Waals surface area contributed by atoms with Crippen molar-refractivity contribution in [2.24, 2.45) is 0 Å². The first-order valence-electron chi connectivity index (χ1n) is 10.9. The average molecular weight is 413 g/mol. The highest BCUT2D eigenvalue weighted by atomic mass is 32.1. The second-order valence-corrected chi connectivity index (χ2v) is 9.17. The number of carboxylic acid groups (broad SMARTS) is 1. The highest BCUT2D eigenvalue weighted by Crippen LogP contribution is 2.44. The van der Waals surface area contributed by atoms with Gasteiger partial charge in [0.2, 0.25) is 0 Å². The molecule has 4 heteroatoms. The van der Waals surface area contributed by atoms with E-state index in [2.05, 4.69) is 49.4 Å². The average Bonchev–Trinajstić information content (AvgIpc) is 3.37. The summed E-state index contributed by atoms with van der Waals surface area (Å²) < 4.78 is 0. The first-order valence-corrected chi connectivity index (χ1v) is 11.7. The molecule has 1 aliphatic carbocycles. The lowest BCUT2D eigenvalue weighted by atomic mass is 9.92. The molecular formula is C25H32O3S. The van der Waals surface area contributed by atoms with Crippen LogP contribution in [0.5, 0.6) is 0 Å². The summed E-state index contributed by atoms with van der Waals surface area (Å²) in [6, 6.07) is 12.8. The lowest BCUT2D eigenvalue weighted by Crippen LogP contribution is -1.99. The zero-order valence-corrected chi connectivity index (χ0v) is 18.1. The number of rotatable bonds is 11. The van der Waals surface area contributed by atoms with E-state index in [0.29, 0.717) is 12.3 Å². The van der Waals surface area contributed by atoms with Crippen molar-refractivity contribution in [3.8, 4) is 0 Å². The van der Waals surface area contributed by atoms with E-state index in [0.717, 1.165) is 37.7 Å². The van der Waals surface area contributed by atoms with Gasteiger partial charge in [0, 0.05) is 22.1 Å². The monoisotopic (exact) mass is 412 g/mol. The SMILES string of the molecule is CCCCCC(O)c1ccc(C2=CCC[C@@H]2c2ccc(CCCC(=O)O)s2)cc1. The first-order chi connectivity index (χ1) is 14.1. The molecular weight excluding hydrogens is 380 g/mol. The number of aliphatic carboxylic acids is 1. The molecule has 0 amide bonds. The van der Waals surface area contributed by atoms with Gasteiger partial charge in [-0.2, -0.15) is 0 Å². The van der Waals surface area contributed by atoms with Crippen LogP contribution >= 0.6 is 11.3 Å². The second kappa shape index (κ2) is 10.7. The summed E-state index contributed by atoms with van der Waals surface area (Å²) in [7, 11) is 0. The number of aliphatic hydroxyl groups excluding tert-OH is 1.